The van der Waals surface area contributed by atoms with Gasteiger partial charge in [0.1, 0.15) is 11.2 Å². The Balaban J connectivity index is 1.76. The number of rotatable bonds is 3. The van der Waals surface area contributed by atoms with Gasteiger partial charge in [-0.1, -0.05) is 0 Å². The van der Waals surface area contributed by atoms with E-state index in [9.17, 15) is 14.0 Å². The molecule has 0 saturated heterocycles. The minimum atomic E-state index is -1.43. The first-order valence-electron chi connectivity index (χ1n) is 8.17. The van der Waals surface area contributed by atoms with Crippen LogP contribution in [0.25, 0.3) is 11.1 Å². The van der Waals surface area contributed by atoms with Gasteiger partial charge >= 0.3 is 5.63 Å². The summed E-state index contributed by atoms with van der Waals surface area (Å²) >= 11 is 0. The van der Waals surface area contributed by atoms with Crippen LogP contribution in [0.4, 0.5) is 4.39 Å². The minimum absolute atomic E-state index is 0.0603. The highest BCUT2D eigenvalue weighted by Gasteiger charge is 2.47. The van der Waals surface area contributed by atoms with Gasteiger partial charge in [0.15, 0.2) is 6.17 Å². The largest absolute Gasteiger partial charge is 0.403 e. The molecule has 4 rings (SSSR count). The molecule has 23 heavy (non-hydrogen) atoms. The molecular formula is C17H19FN2O3. The first-order chi connectivity index (χ1) is 11.0. The lowest BCUT2D eigenvalue weighted by molar-refractivity contribution is 0.354. The molecule has 0 radical (unpaired) electrons. The zero-order valence-electron chi connectivity index (χ0n) is 13.0. The van der Waals surface area contributed by atoms with Crippen LogP contribution in [0, 0.1) is 11.3 Å². The smallest absolute Gasteiger partial charge is 0.337 e. The van der Waals surface area contributed by atoms with Crippen LogP contribution in [0.1, 0.15) is 56.6 Å². The number of aromatic amines is 1. The molecule has 2 fully saturated rings. The van der Waals surface area contributed by atoms with Crippen molar-refractivity contribution in [2.45, 2.75) is 51.6 Å². The number of fused-ring (bicyclic) bond motifs is 1. The lowest BCUT2D eigenvalue weighted by atomic mass is 9.95. The van der Waals surface area contributed by atoms with Crippen LogP contribution in [0.2, 0.25) is 0 Å². The number of nitrogens with zero attached hydrogens (tertiary/aromatic N) is 1. The maximum absolute atomic E-state index is 13.4. The van der Waals surface area contributed by atoms with Crippen LogP contribution in [-0.4, -0.2) is 9.97 Å². The Labute approximate surface area is 131 Å². The Morgan fingerprint density at radius 1 is 1.43 bits per heavy atom. The van der Waals surface area contributed by atoms with Crippen molar-refractivity contribution in [2.24, 2.45) is 11.3 Å². The van der Waals surface area contributed by atoms with E-state index in [0.717, 1.165) is 6.42 Å². The van der Waals surface area contributed by atoms with Crippen molar-refractivity contribution in [2.75, 3.05) is 0 Å². The van der Waals surface area contributed by atoms with Crippen molar-refractivity contribution < 1.29 is 8.81 Å². The summed E-state index contributed by atoms with van der Waals surface area (Å²) in [4.78, 5) is 30.6. The van der Waals surface area contributed by atoms with Gasteiger partial charge in [-0.2, -0.15) is 4.98 Å². The van der Waals surface area contributed by atoms with E-state index in [0.29, 0.717) is 23.3 Å². The average molecular weight is 318 g/mol. The Bertz CT molecular complexity index is 880. The van der Waals surface area contributed by atoms with Crippen molar-refractivity contribution in [1.29, 1.82) is 0 Å². The van der Waals surface area contributed by atoms with Gasteiger partial charge in [-0.05, 0) is 62.3 Å². The van der Waals surface area contributed by atoms with Crippen molar-refractivity contribution in [1.82, 2.24) is 9.97 Å². The van der Waals surface area contributed by atoms with Crippen LogP contribution >= 0.6 is 0 Å². The van der Waals surface area contributed by atoms with Gasteiger partial charge in [-0.15, -0.1) is 0 Å². The molecule has 0 aromatic carbocycles. The molecule has 2 aromatic heterocycles. The predicted molar refractivity (Wildman–Crippen MR) is 83.1 cm³/mol. The zero-order valence-corrected chi connectivity index (χ0v) is 13.0. The third kappa shape index (κ3) is 2.60. The van der Waals surface area contributed by atoms with Gasteiger partial charge in [-0.3, -0.25) is 4.79 Å². The summed E-state index contributed by atoms with van der Waals surface area (Å²) in [7, 11) is 0. The van der Waals surface area contributed by atoms with E-state index in [-0.39, 0.29) is 16.9 Å². The second kappa shape index (κ2) is 5.01. The lowest BCUT2D eigenvalue weighted by Crippen LogP contribution is -2.17. The predicted octanol–water partition coefficient (Wildman–Crippen LogP) is 3.03. The SMILES string of the molecule is CC(F)c1nc2oc(=O)cc(C[C@@H]3CCC4(CC4)C3)c2c(=O)[nH]1. The van der Waals surface area contributed by atoms with E-state index >= 15 is 0 Å². The van der Waals surface area contributed by atoms with Crippen LogP contribution in [0.3, 0.4) is 0 Å². The maximum atomic E-state index is 13.4. The molecule has 2 aliphatic carbocycles. The molecule has 122 valence electrons. The van der Waals surface area contributed by atoms with E-state index in [1.165, 1.54) is 38.7 Å². The fourth-order valence-corrected chi connectivity index (χ4v) is 3.96. The summed E-state index contributed by atoms with van der Waals surface area (Å²) in [5.74, 6) is 0.377. The summed E-state index contributed by atoms with van der Waals surface area (Å²) < 4.78 is 18.4. The first-order valence-corrected chi connectivity index (χ1v) is 8.17. The van der Waals surface area contributed by atoms with Crippen molar-refractivity contribution in [3.05, 3.63) is 38.2 Å². The van der Waals surface area contributed by atoms with Gasteiger partial charge < -0.3 is 9.40 Å². The van der Waals surface area contributed by atoms with Gasteiger partial charge in [0.2, 0.25) is 5.71 Å². The van der Waals surface area contributed by atoms with Crippen molar-refractivity contribution >= 4 is 11.1 Å². The maximum Gasteiger partial charge on any atom is 0.337 e. The zero-order chi connectivity index (χ0) is 16.2. The summed E-state index contributed by atoms with van der Waals surface area (Å²) in [5, 5.41) is 0.283. The monoisotopic (exact) mass is 318 g/mol. The van der Waals surface area contributed by atoms with Crippen molar-refractivity contribution in [3.63, 3.8) is 0 Å². The van der Waals surface area contributed by atoms with E-state index in [1.54, 1.807) is 0 Å². The Hall–Kier alpha value is -1.98. The molecule has 1 spiro atoms. The van der Waals surface area contributed by atoms with E-state index in [4.69, 9.17) is 4.42 Å². The summed E-state index contributed by atoms with van der Waals surface area (Å²) in [6, 6.07) is 1.38. The third-order valence-corrected chi connectivity index (χ3v) is 5.36. The highest BCUT2D eigenvalue weighted by Crippen LogP contribution is 2.60. The topological polar surface area (TPSA) is 76.0 Å². The van der Waals surface area contributed by atoms with Crippen LogP contribution in [-0.2, 0) is 6.42 Å². The summed E-state index contributed by atoms with van der Waals surface area (Å²) in [5.41, 5.74) is 0.178. The molecular weight excluding hydrogens is 299 g/mol. The molecule has 2 aliphatic rings. The Kier molecular flexibility index (Phi) is 3.18. The minimum Gasteiger partial charge on any atom is -0.403 e. The number of nitrogens with one attached hydrogen (secondary N) is 1. The van der Waals surface area contributed by atoms with E-state index < -0.39 is 17.4 Å². The fourth-order valence-electron chi connectivity index (χ4n) is 3.96. The number of aromatic nitrogens is 2. The summed E-state index contributed by atoms with van der Waals surface area (Å²) in [6.45, 7) is 1.28. The highest BCUT2D eigenvalue weighted by atomic mass is 19.1. The Morgan fingerprint density at radius 3 is 2.87 bits per heavy atom. The van der Waals surface area contributed by atoms with E-state index in [2.05, 4.69) is 9.97 Å². The highest BCUT2D eigenvalue weighted by molar-refractivity contribution is 5.75. The third-order valence-electron chi connectivity index (χ3n) is 5.36. The number of hydrogen-bond acceptors (Lipinski definition) is 4. The number of H-pyrrole nitrogens is 1. The van der Waals surface area contributed by atoms with Gasteiger partial charge in [-0.25, -0.2) is 9.18 Å². The molecule has 2 heterocycles. The Morgan fingerprint density at radius 2 is 2.22 bits per heavy atom. The molecule has 0 amide bonds. The molecule has 0 bridgehead atoms. The van der Waals surface area contributed by atoms with Gasteiger partial charge in [0, 0.05) is 6.07 Å². The van der Waals surface area contributed by atoms with E-state index in [1.807, 2.05) is 0 Å². The molecule has 6 heteroatoms. The molecule has 5 nitrogen and oxygen atoms in total. The van der Waals surface area contributed by atoms with Gasteiger partial charge in [0.25, 0.3) is 5.56 Å². The van der Waals surface area contributed by atoms with Crippen LogP contribution < -0.4 is 11.2 Å². The number of hydrogen-bond donors (Lipinski definition) is 1. The summed E-state index contributed by atoms with van der Waals surface area (Å²) in [6.07, 6.45) is 5.41. The normalized spacial score (nSPS) is 23.5. The molecule has 1 N–H and O–H groups in total. The first kappa shape index (κ1) is 14.6. The second-order valence-electron chi connectivity index (χ2n) is 7.15. The lowest BCUT2D eigenvalue weighted by Gasteiger charge is -2.11. The standard InChI is InChI=1S/C17H19FN2O3/c1-9(18)14-19-15(22)13-11(7-12(21)23-16(13)20-14)6-10-2-3-17(8-10)4-5-17/h7,9-10H,2-6,8H2,1H3,(H,19,20,22)/t9?,10-/m0/s1. The molecule has 2 saturated carbocycles. The molecule has 1 unspecified atom stereocenters. The van der Waals surface area contributed by atoms with Crippen molar-refractivity contribution in [3.8, 4) is 0 Å². The average Bonchev–Trinajstić information content (AvgIpc) is 3.11. The van der Waals surface area contributed by atoms with Crippen LogP contribution in [0.5, 0.6) is 0 Å². The number of alkyl halides is 1. The quantitative estimate of drug-likeness (QED) is 0.944. The second-order valence-corrected chi connectivity index (χ2v) is 7.15. The molecule has 2 aromatic rings. The molecule has 0 aliphatic heterocycles. The van der Waals surface area contributed by atoms with Gasteiger partial charge in [0.05, 0.1) is 0 Å². The number of halogens is 1. The van der Waals surface area contributed by atoms with Crippen LogP contribution in [0.15, 0.2) is 20.1 Å². The molecule has 2 atom stereocenters. The fraction of sp³-hybridized carbons (Fsp3) is 0.588.